The molecule has 0 bridgehead atoms. The van der Waals surface area contributed by atoms with Gasteiger partial charge < -0.3 is 14.1 Å². The van der Waals surface area contributed by atoms with E-state index in [4.69, 9.17) is 0 Å². The molecule has 0 aromatic rings. The molecule has 24 valence electrons. The Kier molecular flexibility index (Phi) is 233. The van der Waals surface area contributed by atoms with Crippen LogP contribution in [0.5, 0.6) is 0 Å². The quantitative estimate of drug-likeness (QED) is 0.362. The summed E-state index contributed by atoms with van der Waals surface area (Å²) in [5.74, 6) is 0. The van der Waals surface area contributed by atoms with E-state index in [1.54, 1.807) is 0 Å². The van der Waals surface area contributed by atoms with Crippen molar-refractivity contribution in [2.24, 2.45) is 0 Å². The van der Waals surface area contributed by atoms with Crippen LogP contribution in [0.25, 0.3) is 0 Å². The maximum atomic E-state index is 0. The third kappa shape index (κ3) is 19.2. The Morgan fingerprint density at radius 2 is 0.600 bits per heavy atom. The van der Waals surface area contributed by atoms with E-state index < -0.39 is 0 Å². The van der Waals surface area contributed by atoms with Gasteiger partial charge in [-0.1, -0.05) is 0 Å². The van der Waals surface area contributed by atoms with Crippen LogP contribution in [-0.2, 0) is 0 Å². The van der Waals surface area contributed by atoms with Gasteiger partial charge in [0, 0.05) is 0 Å². The molecule has 5 heteroatoms. The van der Waals surface area contributed by atoms with Gasteiger partial charge in [0.2, 0.25) is 0 Å². The third-order valence-corrected chi connectivity index (χ3v) is 0. The van der Waals surface area contributed by atoms with E-state index in [0.29, 0.717) is 0 Å². The van der Waals surface area contributed by atoms with Gasteiger partial charge in [-0.3, -0.25) is 0 Å². The smallest absolute Gasteiger partial charge is 1.00 e. The molecule has 0 aliphatic heterocycles. The zero-order valence-corrected chi connectivity index (χ0v) is 11.3. The van der Waals surface area contributed by atoms with Crippen molar-refractivity contribution >= 4 is 37.7 Å². The summed E-state index contributed by atoms with van der Waals surface area (Å²) in [7, 11) is 0. The molecule has 0 spiro atoms. The average Bonchev–Trinajstić information content (AvgIpc) is 0. The molecule has 0 aromatic heterocycles. The van der Waals surface area contributed by atoms with Gasteiger partial charge in [-0.15, -0.1) is 0 Å². The number of halogens is 3. The number of hydrogen-bond donors (Lipinski definition) is 0. The molecular formula is CaCsF3. The zero-order chi connectivity index (χ0) is 0. The van der Waals surface area contributed by atoms with Crippen LogP contribution in [0.1, 0.15) is 0 Å². The topological polar surface area (TPSA) is 0 Å². The fourth-order valence-corrected chi connectivity index (χ4v) is 0. The van der Waals surface area contributed by atoms with Crippen LogP contribution < -0.4 is 83.0 Å². The van der Waals surface area contributed by atoms with Crippen molar-refractivity contribution in [1.82, 2.24) is 0 Å². The predicted octanol–water partition coefficient (Wildman–Crippen LogP) is -12.4. The van der Waals surface area contributed by atoms with E-state index in [0.717, 1.165) is 0 Å². The average molecular weight is 230 g/mol. The van der Waals surface area contributed by atoms with Gasteiger partial charge in [0.1, 0.15) is 0 Å². The van der Waals surface area contributed by atoms with Crippen molar-refractivity contribution in [2.75, 3.05) is 0 Å². The van der Waals surface area contributed by atoms with Crippen LogP contribution in [0, 0.1) is 0 Å². The molecule has 0 aliphatic carbocycles. The molecule has 0 nitrogen and oxygen atoms in total. The molecule has 0 saturated carbocycles. The second-order valence-electron chi connectivity index (χ2n) is 0. The standard InChI is InChI=1S/Ca.Cs.3FH/h;;3*1H/q+2;+1;;;/p-3. The van der Waals surface area contributed by atoms with E-state index in [-0.39, 0.29) is 121 Å². The fraction of sp³-hybridized carbons (Fsp3) is 0. The maximum Gasteiger partial charge on any atom is 2.00 e. The first-order valence-electron chi connectivity index (χ1n) is 0. The summed E-state index contributed by atoms with van der Waals surface area (Å²) in [6, 6.07) is 0. The van der Waals surface area contributed by atoms with Gasteiger partial charge in [0.05, 0.1) is 0 Å². The Hall–Kier alpha value is 3.10. The summed E-state index contributed by atoms with van der Waals surface area (Å²) in [6.45, 7) is 0. The van der Waals surface area contributed by atoms with Crippen LogP contribution >= 0.6 is 0 Å². The Balaban J connectivity index is 0. The first-order valence-corrected chi connectivity index (χ1v) is 0. The van der Waals surface area contributed by atoms with E-state index >= 15 is 0 Å². The Morgan fingerprint density at radius 3 is 0.600 bits per heavy atom. The first-order chi connectivity index (χ1) is 0. The molecule has 0 fully saturated rings. The monoisotopic (exact) mass is 230 g/mol. The van der Waals surface area contributed by atoms with Crippen molar-refractivity contribution in [3.8, 4) is 0 Å². The van der Waals surface area contributed by atoms with Crippen LogP contribution in [-0.4, -0.2) is 37.7 Å². The fourth-order valence-electron chi connectivity index (χ4n) is 0. The molecule has 0 atom stereocenters. The van der Waals surface area contributed by atoms with Crippen LogP contribution in [0.4, 0.5) is 0 Å². The first kappa shape index (κ1) is 42.5. The zero-order valence-electron chi connectivity index (χ0n) is 2.84. The summed E-state index contributed by atoms with van der Waals surface area (Å²) in [4.78, 5) is 0. The molecule has 0 aliphatic rings. The third-order valence-electron chi connectivity index (χ3n) is 0. The van der Waals surface area contributed by atoms with Gasteiger partial charge in [0.25, 0.3) is 0 Å². The van der Waals surface area contributed by atoms with E-state index in [2.05, 4.69) is 0 Å². The minimum atomic E-state index is 0. The summed E-state index contributed by atoms with van der Waals surface area (Å²) >= 11 is 0. The van der Waals surface area contributed by atoms with Crippen LogP contribution in [0.3, 0.4) is 0 Å². The summed E-state index contributed by atoms with van der Waals surface area (Å²) in [5.41, 5.74) is 0. The van der Waals surface area contributed by atoms with Crippen LogP contribution in [0.2, 0.25) is 0 Å². The van der Waals surface area contributed by atoms with Crippen molar-refractivity contribution < 1.29 is 83.0 Å². The summed E-state index contributed by atoms with van der Waals surface area (Å²) in [6.07, 6.45) is 0. The Labute approximate surface area is 117 Å². The molecule has 0 N–H and O–H groups in total. The second-order valence-corrected chi connectivity index (χ2v) is 0. The normalized spacial score (nSPS) is 0. The van der Waals surface area contributed by atoms with E-state index in [9.17, 15) is 0 Å². The Morgan fingerprint density at radius 1 is 0.600 bits per heavy atom. The molecule has 0 radical (unpaired) electrons. The maximum absolute atomic E-state index is 0. The molecule has 0 saturated heterocycles. The number of hydrogen-bond acceptors (Lipinski definition) is 0. The van der Waals surface area contributed by atoms with Crippen molar-refractivity contribution in [3.05, 3.63) is 0 Å². The molecular weight excluding hydrogens is 230 g/mol. The molecule has 0 rings (SSSR count). The largest absolute Gasteiger partial charge is 2.00 e. The molecule has 0 heterocycles. The van der Waals surface area contributed by atoms with Gasteiger partial charge >= 0.3 is 107 Å². The minimum absolute atomic E-state index is 0. The minimum Gasteiger partial charge on any atom is -1.00 e. The summed E-state index contributed by atoms with van der Waals surface area (Å²) < 4.78 is 0. The van der Waals surface area contributed by atoms with Crippen molar-refractivity contribution in [2.45, 2.75) is 0 Å². The van der Waals surface area contributed by atoms with Gasteiger partial charge in [-0.2, -0.15) is 0 Å². The van der Waals surface area contributed by atoms with Gasteiger partial charge in [-0.05, 0) is 0 Å². The van der Waals surface area contributed by atoms with Crippen LogP contribution in [0.15, 0.2) is 0 Å². The van der Waals surface area contributed by atoms with Crippen molar-refractivity contribution in [1.29, 1.82) is 0 Å². The van der Waals surface area contributed by atoms with E-state index in [1.807, 2.05) is 0 Å². The summed E-state index contributed by atoms with van der Waals surface area (Å²) in [5, 5.41) is 0. The van der Waals surface area contributed by atoms with Crippen molar-refractivity contribution in [3.63, 3.8) is 0 Å². The number of rotatable bonds is 0. The van der Waals surface area contributed by atoms with Gasteiger partial charge in [0.15, 0.2) is 0 Å². The molecule has 0 aromatic carbocycles. The Bertz CT molecular complexity index is 6.85. The SMILES string of the molecule is [Ca+2].[Cs+].[F-].[F-].[F-]. The molecule has 0 amide bonds. The second kappa shape index (κ2) is 27.5. The predicted molar refractivity (Wildman–Crippen MR) is 5.75 cm³/mol. The molecule has 5 heavy (non-hydrogen) atoms. The van der Waals surface area contributed by atoms with E-state index in [1.165, 1.54) is 0 Å². The van der Waals surface area contributed by atoms with Gasteiger partial charge in [-0.25, -0.2) is 0 Å². The molecule has 0 unspecified atom stereocenters.